The zero-order valence-electron chi connectivity index (χ0n) is 9.77. The molecule has 16 heavy (non-hydrogen) atoms. The third kappa shape index (κ3) is 3.42. The van der Waals surface area contributed by atoms with E-state index >= 15 is 0 Å². The first-order valence-corrected chi connectivity index (χ1v) is 5.29. The van der Waals surface area contributed by atoms with E-state index in [1.807, 2.05) is 37.3 Å². The number of amides is 1. The van der Waals surface area contributed by atoms with Crippen LogP contribution in [0.25, 0.3) is 0 Å². The number of ether oxygens (including phenoxy) is 1. The van der Waals surface area contributed by atoms with Crippen molar-refractivity contribution in [3.63, 3.8) is 0 Å². The van der Waals surface area contributed by atoms with Gasteiger partial charge >= 0.3 is 6.09 Å². The van der Waals surface area contributed by atoms with Crippen molar-refractivity contribution in [2.45, 2.75) is 13.8 Å². The lowest BCUT2D eigenvalue weighted by Crippen LogP contribution is -2.32. The highest BCUT2D eigenvalue weighted by molar-refractivity contribution is 5.88. The molecule has 0 spiro atoms. The lowest BCUT2D eigenvalue weighted by molar-refractivity contribution is 0.160. The Hall–Kier alpha value is -1.77. The Bertz CT molecular complexity index is 359. The number of carbonyl (C=O) groups excluding carboxylic acids is 1. The Kier molecular flexibility index (Phi) is 4.58. The highest BCUT2D eigenvalue weighted by Crippen LogP contribution is 2.15. The van der Waals surface area contributed by atoms with Crippen molar-refractivity contribution in [1.29, 1.82) is 0 Å². The molecule has 3 nitrogen and oxygen atoms in total. The summed E-state index contributed by atoms with van der Waals surface area (Å²) in [6.45, 7) is 8.34. The van der Waals surface area contributed by atoms with E-state index in [9.17, 15) is 4.79 Å². The van der Waals surface area contributed by atoms with Gasteiger partial charge in [-0.3, -0.25) is 4.90 Å². The molecule has 1 aromatic carbocycles. The fraction of sp³-hybridized carbons (Fsp3) is 0.308. The Morgan fingerprint density at radius 2 is 2.00 bits per heavy atom. The quantitative estimate of drug-likeness (QED) is 0.728. The van der Waals surface area contributed by atoms with Crippen LogP contribution >= 0.6 is 0 Å². The Morgan fingerprint density at radius 1 is 1.38 bits per heavy atom. The summed E-state index contributed by atoms with van der Waals surface area (Å²) in [6.07, 6.45) is -0.336. The number of anilines is 1. The van der Waals surface area contributed by atoms with Crippen molar-refractivity contribution in [3.8, 4) is 0 Å². The summed E-state index contributed by atoms with van der Waals surface area (Å²) >= 11 is 0. The van der Waals surface area contributed by atoms with Gasteiger partial charge in [0.15, 0.2) is 0 Å². The summed E-state index contributed by atoms with van der Waals surface area (Å²) in [5, 5.41) is 0. The van der Waals surface area contributed by atoms with E-state index in [1.54, 1.807) is 11.8 Å². The Morgan fingerprint density at radius 3 is 2.50 bits per heavy atom. The Balaban J connectivity index is 2.87. The van der Waals surface area contributed by atoms with E-state index in [0.717, 1.165) is 11.3 Å². The normalized spacial score (nSPS) is 9.62. The highest BCUT2D eigenvalue weighted by atomic mass is 16.6. The maximum atomic E-state index is 11.7. The lowest BCUT2D eigenvalue weighted by Gasteiger charge is -2.21. The van der Waals surface area contributed by atoms with Crippen LogP contribution in [0.5, 0.6) is 0 Å². The third-order valence-electron chi connectivity index (χ3n) is 1.98. The molecule has 0 fully saturated rings. The molecule has 0 aliphatic carbocycles. The van der Waals surface area contributed by atoms with Gasteiger partial charge in [-0.2, -0.15) is 0 Å². The van der Waals surface area contributed by atoms with Gasteiger partial charge in [-0.25, -0.2) is 4.79 Å². The molecule has 0 N–H and O–H groups in total. The first kappa shape index (κ1) is 12.3. The first-order valence-electron chi connectivity index (χ1n) is 5.29. The van der Waals surface area contributed by atoms with Crippen LogP contribution < -0.4 is 4.90 Å². The topological polar surface area (TPSA) is 29.5 Å². The van der Waals surface area contributed by atoms with Gasteiger partial charge in [0.2, 0.25) is 0 Å². The van der Waals surface area contributed by atoms with Gasteiger partial charge in [0.05, 0.1) is 6.61 Å². The summed E-state index contributed by atoms with van der Waals surface area (Å²) in [5.41, 5.74) is 1.74. The van der Waals surface area contributed by atoms with Crippen molar-refractivity contribution in [2.75, 3.05) is 18.1 Å². The molecular weight excluding hydrogens is 202 g/mol. The van der Waals surface area contributed by atoms with Crippen molar-refractivity contribution < 1.29 is 9.53 Å². The zero-order valence-corrected chi connectivity index (χ0v) is 9.77. The van der Waals surface area contributed by atoms with E-state index in [-0.39, 0.29) is 6.09 Å². The minimum Gasteiger partial charge on any atom is -0.449 e. The molecule has 0 aromatic heterocycles. The fourth-order valence-corrected chi connectivity index (χ4v) is 1.34. The largest absolute Gasteiger partial charge is 0.449 e. The van der Waals surface area contributed by atoms with Crippen LogP contribution in [0.2, 0.25) is 0 Å². The molecule has 0 bridgehead atoms. The van der Waals surface area contributed by atoms with Crippen molar-refractivity contribution in [1.82, 2.24) is 0 Å². The molecule has 0 saturated carbocycles. The van der Waals surface area contributed by atoms with Crippen LogP contribution in [-0.4, -0.2) is 19.2 Å². The molecule has 3 heteroatoms. The second kappa shape index (κ2) is 5.95. The summed E-state index contributed by atoms with van der Waals surface area (Å²) in [4.78, 5) is 13.3. The van der Waals surface area contributed by atoms with Gasteiger partial charge in [0.25, 0.3) is 0 Å². The predicted octanol–water partition coefficient (Wildman–Crippen LogP) is 3.23. The van der Waals surface area contributed by atoms with E-state index in [2.05, 4.69) is 6.58 Å². The van der Waals surface area contributed by atoms with E-state index in [0.29, 0.717) is 13.2 Å². The number of benzene rings is 1. The molecule has 0 unspecified atom stereocenters. The molecule has 0 radical (unpaired) electrons. The van der Waals surface area contributed by atoms with Crippen LogP contribution in [0.3, 0.4) is 0 Å². The lowest BCUT2D eigenvalue weighted by atomic mass is 10.2. The van der Waals surface area contributed by atoms with Crippen LogP contribution in [-0.2, 0) is 4.74 Å². The summed E-state index contributed by atoms with van der Waals surface area (Å²) in [7, 11) is 0. The monoisotopic (exact) mass is 219 g/mol. The van der Waals surface area contributed by atoms with Crippen LogP contribution in [0.1, 0.15) is 13.8 Å². The minimum absolute atomic E-state index is 0.336. The number of para-hydroxylation sites is 1. The molecule has 1 aromatic rings. The van der Waals surface area contributed by atoms with Crippen molar-refractivity contribution in [3.05, 3.63) is 42.5 Å². The standard InChI is InChI=1S/C13H17NO2/c1-4-16-13(15)14(10-11(2)3)12-8-6-5-7-9-12/h5-9H,2,4,10H2,1,3H3. The van der Waals surface area contributed by atoms with Gasteiger partial charge in [-0.1, -0.05) is 30.4 Å². The van der Waals surface area contributed by atoms with Crippen LogP contribution in [0.15, 0.2) is 42.5 Å². The van der Waals surface area contributed by atoms with Gasteiger partial charge < -0.3 is 4.74 Å². The maximum Gasteiger partial charge on any atom is 0.414 e. The highest BCUT2D eigenvalue weighted by Gasteiger charge is 2.15. The summed E-state index contributed by atoms with van der Waals surface area (Å²) < 4.78 is 5.01. The molecule has 0 saturated heterocycles. The molecule has 86 valence electrons. The molecule has 1 rings (SSSR count). The SMILES string of the molecule is C=C(C)CN(C(=O)OCC)c1ccccc1. The van der Waals surface area contributed by atoms with Gasteiger partial charge in [0, 0.05) is 12.2 Å². The van der Waals surface area contributed by atoms with Gasteiger partial charge in [0.1, 0.15) is 0 Å². The first-order chi connectivity index (χ1) is 7.65. The second-order valence-electron chi connectivity index (χ2n) is 3.58. The summed E-state index contributed by atoms with van der Waals surface area (Å²) in [6, 6.07) is 9.44. The average molecular weight is 219 g/mol. The molecule has 0 heterocycles. The number of nitrogens with zero attached hydrogens (tertiary/aromatic N) is 1. The average Bonchev–Trinajstić information content (AvgIpc) is 2.27. The molecule has 1 amide bonds. The van der Waals surface area contributed by atoms with Crippen molar-refractivity contribution >= 4 is 11.8 Å². The van der Waals surface area contributed by atoms with Gasteiger partial charge in [-0.05, 0) is 26.0 Å². The number of hydrogen-bond donors (Lipinski definition) is 0. The Labute approximate surface area is 96.3 Å². The third-order valence-corrected chi connectivity index (χ3v) is 1.98. The maximum absolute atomic E-state index is 11.7. The van der Waals surface area contributed by atoms with E-state index < -0.39 is 0 Å². The predicted molar refractivity (Wildman–Crippen MR) is 65.6 cm³/mol. The zero-order chi connectivity index (χ0) is 12.0. The molecule has 0 atom stereocenters. The van der Waals surface area contributed by atoms with Crippen LogP contribution in [0.4, 0.5) is 10.5 Å². The van der Waals surface area contributed by atoms with Gasteiger partial charge in [-0.15, -0.1) is 0 Å². The molecule has 0 aliphatic rings. The number of rotatable bonds is 4. The van der Waals surface area contributed by atoms with E-state index in [1.165, 1.54) is 0 Å². The summed E-state index contributed by atoms with van der Waals surface area (Å²) in [5.74, 6) is 0. The fourth-order valence-electron chi connectivity index (χ4n) is 1.34. The number of carbonyl (C=O) groups is 1. The van der Waals surface area contributed by atoms with Crippen molar-refractivity contribution in [2.24, 2.45) is 0 Å². The van der Waals surface area contributed by atoms with Crippen LogP contribution in [0, 0.1) is 0 Å². The minimum atomic E-state index is -0.336. The molecule has 0 aliphatic heterocycles. The van der Waals surface area contributed by atoms with E-state index in [4.69, 9.17) is 4.74 Å². The molecular formula is C13H17NO2. The smallest absolute Gasteiger partial charge is 0.414 e. The number of hydrogen-bond acceptors (Lipinski definition) is 2. The second-order valence-corrected chi connectivity index (χ2v) is 3.58.